The summed E-state index contributed by atoms with van der Waals surface area (Å²) in [6.07, 6.45) is 8.03. The van der Waals surface area contributed by atoms with Crippen LogP contribution in [0.25, 0.3) is 27.5 Å². The molecule has 20 heavy (non-hydrogen) atoms. The van der Waals surface area contributed by atoms with E-state index < -0.39 is 0 Å². The highest BCUT2D eigenvalue weighted by Gasteiger charge is 2.13. The molecule has 0 unspecified atom stereocenters. The average Bonchev–Trinajstić information content (AvgIpc) is 2.83. The zero-order valence-electron chi connectivity index (χ0n) is 11.6. The van der Waals surface area contributed by atoms with Gasteiger partial charge >= 0.3 is 0 Å². The van der Waals surface area contributed by atoms with Crippen LogP contribution in [-0.2, 0) is 0 Å². The second-order valence-corrected chi connectivity index (χ2v) is 5.57. The molecule has 0 fully saturated rings. The van der Waals surface area contributed by atoms with Crippen molar-refractivity contribution in [3.05, 3.63) is 66.8 Å². The molecule has 0 spiro atoms. The third-order valence-electron chi connectivity index (χ3n) is 4.13. The number of hydrogen-bond donors (Lipinski definition) is 0. The van der Waals surface area contributed by atoms with Crippen LogP contribution in [0, 0.1) is 5.92 Å². The minimum atomic E-state index is 0.645. The number of nitrogens with zero attached hydrogens (tertiary/aromatic N) is 1. The number of fused-ring (bicyclic) bond motifs is 3. The minimum Gasteiger partial charge on any atom is -0.310 e. The van der Waals surface area contributed by atoms with Gasteiger partial charge in [-0.1, -0.05) is 55.5 Å². The second kappa shape index (κ2) is 4.38. The summed E-state index contributed by atoms with van der Waals surface area (Å²) in [5.74, 6) is 0.645. The van der Waals surface area contributed by atoms with Crippen molar-refractivity contribution >= 4 is 27.5 Å². The molecule has 1 atom stereocenters. The second-order valence-electron chi connectivity index (χ2n) is 5.57. The summed E-state index contributed by atoms with van der Waals surface area (Å²) in [5, 5.41) is 2.66. The molecule has 1 nitrogen and oxygen atoms in total. The van der Waals surface area contributed by atoms with Crippen LogP contribution < -0.4 is 0 Å². The molecule has 0 saturated carbocycles. The first-order valence-electron chi connectivity index (χ1n) is 7.21. The Morgan fingerprint density at radius 3 is 2.05 bits per heavy atom. The van der Waals surface area contributed by atoms with Crippen molar-refractivity contribution in [2.24, 2.45) is 5.92 Å². The molecular formula is C19H17N. The summed E-state index contributed by atoms with van der Waals surface area (Å²) in [6.45, 7) is 2.26. The van der Waals surface area contributed by atoms with E-state index >= 15 is 0 Å². The quantitative estimate of drug-likeness (QED) is 0.564. The van der Waals surface area contributed by atoms with Crippen molar-refractivity contribution in [1.82, 2.24) is 4.57 Å². The third kappa shape index (κ3) is 1.63. The molecule has 1 heterocycles. The standard InChI is InChI=1S/C19H17N/c1-14-10-12-15(13-11-14)20-18-8-4-2-6-16(18)17-7-3-5-9-19(17)20/h2-10,12-14H,11H2,1H3/t14-/m0/s1. The first kappa shape index (κ1) is 11.5. The van der Waals surface area contributed by atoms with Crippen molar-refractivity contribution in [2.75, 3.05) is 0 Å². The summed E-state index contributed by atoms with van der Waals surface area (Å²) >= 11 is 0. The van der Waals surface area contributed by atoms with Crippen molar-refractivity contribution in [3.63, 3.8) is 0 Å². The van der Waals surface area contributed by atoms with E-state index in [2.05, 4.69) is 78.2 Å². The van der Waals surface area contributed by atoms with Crippen LogP contribution in [0.5, 0.6) is 0 Å². The minimum absolute atomic E-state index is 0.645. The van der Waals surface area contributed by atoms with E-state index in [0.717, 1.165) is 6.42 Å². The zero-order valence-corrected chi connectivity index (χ0v) is 11.6. The van der Waals surface area contributed by atoms with E-state index in [1.165, 1.54) is 27.5 Å². The number of para-hydroxylation sites is 2. The highest BCUT2D eigenvalue weighted by Crippen LogP contribution is 2.33. The van der Waals surface area contributed by atoms with E-state index in [1.807, 2.05) is 0 Å². The third-order valence-corrected chi connectivity index (χ3v) is 4.13. The van der Waals surface area contributed by atoms with Crippen molar-refractivity contribution in [2.45, 2.75) is 13.3 Å². The molecule has 98 valence electrons. The van der Waals surface area contributed by atoms with Crippen LogP contribution >= 0.6 is 0 Å². The van der Waals surface area contributed by atoms with Crippen LogP contribution in [0.3, 0.4) is 0 Å². The van der Waals surface area contributed by atoms with Gasteiger partial charge in [0.2, 0.25) is 0 Å². The summed E-state index contributed by atoms with van der Waals surface area (Å²) in [7, 11) is 0. The van der Waals surface area contributed by atoms with E-state index in [1.54, 1.807) is 0 Å². The Kier molecular flexibility index (Phi) is 2.53. The Bertz CT molecular complexity index is 795. The van der Waals surface area contributed by atoms with Crippen molar-refractivity contribution in [3.8, 4) is 0 Å². The van der Waals surface area contributed by atoms with Gasteiger partial charge in [0.05, 0.1) is 11.0 Å². The molecule has 3 aromatic rings. The highest BCUT2D eigenvalue weighted by molar-refractivity contribution is 6.10. The van der Waals surface area contributed by atoms with E-state index in [0.29, 0.717) is 5.92 Å². The molecule has 1 aliphatic rings. The normalized spacial score (nSPS) is 18.6. The maximum absolute atomic E-state index is 2.38. The van der Waals surface area contributed by atoms with Crippen LogP contribution in [0.2, 0.25) is 0 Å². The first-order chi connectivity index (χ1) is 9.84. The molecule has 4 rings (SSSR count). The Morgan fingerprint density at radius 2 is 1.50 bits per heavy atom. The van der Waals surface area contributed by atoms with Crippen LogP contribution in [-0.4, -0.2) is 4.57 Å². The van der Waals surface area contributed by atoms with Gasteiger partial charge in [-0.05, 0) is 30.5 Å². The van der Waals surface area contributed by atoms with Gasteiger partial charge in [0.25, 0.3) is 0 Å². The predicted octanol–water partition coefficient (Wildman–Crippen LogP) is 5.23. The monoisotopic (exact) mass is 259 g/mol. The molecule has 2 aromatic carbocycles. The van der Waals surface area contributed by atoms with Crippen molar-refractivity contribution < 1.29 is 0 Å². The molecule has 1 heteroatoms. The molecule has 0 radical (unpaired) electrons. The SMILES string of the molecule is C[C@H]1C=CC(n2c3ccccc3c3ccccc32)=CC1. The topological polar surface area (TPSA) is 4.93 Å². The Hall–Kier alpha value is -2.28. The lowest BCUT2D eigenvalue weighted by molar-refractivity contribution is 0.735. The van der Waals surface area contributed by atoms with Crippen LogP contribution in [0.15, 0.2) is 66.8 Å². The van der Waals surface area contributed by atoms with Gasteiger partial charge in [-0.3, -0.25) is 0 Å². The Labute approximate surface area is 118 Å². The van der Waals surface area contributed by atoms with E-state index in [-0.39, 0.29) is 0 Å². The Balaban J connectivity index is 2.08. The largest absolute Gasteiger partial charge is 0.310 e. The molecule has 0 saturated heterocycles. The average molecular weight is 259 g/mol. The lowest BCUT2D eigenvalue weighted by atomic mass is 10.0. The lowest BCUT2D eigenvalue weighted by Crippen LogP contribution is -2.00. The Morgan fingerprint density at radius 1 is 0.900 bits per heavy atom. The van der Waals surface area contributed by atoms with Crippen LogP contribution in [0.4, 0.5) is 0 Å². The van der Waals surface area contributed by atoms with Gasteiger partial charge in [-0.25, -0.2) is 0 Å². The fourth-order valence-electron chi connectivity index (χ4n) is 3.08. The van der Waals surface area contributed by atoms with Gasteiger partial charge in [0.15, 0.2) is 0 Å². The van der Waals surface area contributed by atoms with Gasteiger partial charge < -0.3 is 4.57 Å². The summed E-state index contributed by atoms with van der Waals surface area (Å²) in [5.41, 5.74) is 3.87. The van der Waals surface area contributed by atoms with Gasteiger partial charge in [0.1, 0.15) is 0 Å². The molecular weight excluding hydrogens is 242 g/mol. The first-order valence-corrected chi connectivity index (χ1v) is 7.21. The number of hydrogen-bond acceptors (Lipinski definition) is 0. The van der Waals surface area contributed by atoms with E-state index in [4.69, 9.17) is 0 Å². The molecule has 1 aromatic heterocycles. The van der Waals surface area contributed by atoms with Gasteiger partial charge in [-0.15, -0.1) is 0 Å². The number of rotatable bonds is 1. The van der Waals surface area contributed by atoms with Crippen molar-refractivity contribution in [1.29, 1.82) is 0 Å². The molecule has 0 amide bonds. The maximum atomic E-state index is 2.38. The molecule has 1 aliphatic carbocycles. The fourth-order valence-corrected chi connectivity index (χ4v) is 3.08. The van der Waals surface area contributed by atoms with E-state index in [9.17, 15) is 0 Å². The molecule has 0 aliphatic heterocycles. The summed E-state index contributed by atoms with van der Waals surface area (Å²) in [4.78, 5) is 0. The maximum Gasteiger partial charge on any atom is 0.0540 e. The number of allylic oxidation sites excluding steroid dienone is 4. The number of benzene rings is 2. The smallest absolute Gasteiger partial charge is 0.0540 e. The molecule has 0 bridgehead atoms. The fraction of sp³-hybridized carbons (Fsp3) is 0.158. The summed E-state index contributed by atoms with van der Waals surface area (Å²) in [6, 6.07) is 17.3. The van der Waals surface area contributed by atoms with Crippen LogP contribution in [0.1, 0.15) is 13.3 Å². The zero-order chi connectivity index (χ0) is 13.5. The molecule has 0 N–H and O–H groups in total. The van der Waals surface area contributed by atoms with Gasteiger partial charge in [0, 0.05) is 16.5 Å². The highest BCUT2D eigenvalue weighted by atomic mass is 15.0. The predicted molar refractivity (Wildman–Crippen MR) is 86.6 cm³/mol. The van der Waals surface area contributed by atoms with Gasteiger partial charge in [-0.2, -0.15) is 0 Å². The lowest BCUT2D eigenvalue weighted by Gasteiger charge is -2.15. The summed E-state index contributed by atoms with van der Waals surface area (Å²) < 4.78 is 2.38. The number of aromatic nitrogens is 1.